The first-order valence-electron chi connectivity index (χ1n) is 9.71. The van der Waals surface area contributed by atoms with E-state index in [0.29, 0.717) is 32.7 Å². The van der Waals surface area contributed by atoms with Crippen LogP contribution in [-0.4, -0.2) is 49.1 Å². The normalized spacial score (nSPS) is 22.4. The number of hydrogen-bond donors (Lipinski definition) is 1. The van der Waals surface area contributed by atoms with Crippen molar-refractivity contribution in [3.63, 3.8) is 0 Å². The molecule has 28 heavy (non-hydrogen) atoms. The van der Waals surface area contributed by atoms with Crippen LogP contribution in [-0.2, 0) is 9.53 Å². The lowest BCUT2D eigenvalue weighted by Crippen LogP contribution is -2.47. The Labute approximate surface area is 181 Å². The van der Waals surface area contributed by atoms with Crippen LogP contribution in [0.2, 0.25) is 0 Å². The number of benzene rings is 1. The van der Waals surface area contributed by atoms with Gasteiger partial charge in [-0.2, -0.15) is 0 Å². The summed E-state index contributed by atoms with van der Waals surface area (Å²) in [6.07, 6.45) is 2.12. The van der Waals surface area contributed by atoms with E-state index in [1.54, 1.807) is 0 Å². The number of nitrogens with zero attached hydrogens (tertiary/aromatic N) is 2. The number of esters is 1. The molecular weight excluding hydrogens is 479 g/mol. The Kier molecular flexibility index (Phi) is 8.45. The Bertz CT molecular complexity index is 688. The second-order valence-corrected chi connectivity index (χ2v) is 7.04. The summed E-state index contributed by atoms with van der Waals surface area (Å²) in [4.78, 5) is 18.5. The van der Waals surface area contributed by atoms with Gasteiger partial charge in [-0.05, 0) is 45.2 Å². The highest BCUT2D eigenvalue weighted by molar-refractivity contribution is 14.0. The summed E-state index contributed by atoms with van der Waals surface area (Å²) in [5.74, 6) is -0.599. The van der Waals surface area contributed by atoms with Crippen molar-refractivity contribution in [2.75, 3.05) is 26.2 Å². The van der Waals surface area contributed by atoms with Crippen LogP contribution in [0.25, 0.3) is 0 Å². The summed E-state index contributed by atoms with van der Waals surface area (Å²) in [7, 11) is 0. The molecule has 5 nitrogen and oxygen atoms in total. The van der Waals surface area contributed by atoms with Crippen LogP contribution in [0.1, 0.15) is 44.6 Å². The van der Waals surface area contributed by atoms with Crippen LogP contribution < -0.4 is 5.32 Å². The van der Waals surface area contributed by atoms with Gasteiger partial charge in [-0.15, -0.1) is 24.0 Å². The molecule has 0 radical (unpaired) electrons. The van der Waals surface area contributed by atoms with Gasteiger partial charge in [0.05, 0.1) is 12.5 Å². The molecule has 1 heterocycles. The van der Waals surface area contributed by atoms with Gasteiger partial charge in [0, 0.05) is 37.2 Å². The number of aliphatic imine (C=N–C) groups is 1. The van der Waals surface area contributed by atoms with Crippen molar-refractivity contribution in [1.29, 1.82) is 0 Å². The largest absolute Gasteiger partial charge is 0.466 e. The fourth-order valence-corrected chi connectivity index (χ4v) is 3.68. The summed E-state index contributed by atoms with van der Waals surface area (Å²) in [6, 6.07) is 3.96. The molecule has 0 amide bonds. The summed E-state index contributed by atoms with van der Waals surface area (Å²) in [6.45, 7) is 6.20. The Hall–Kier alpha value is -1.45. The van der Waals surface area contributed by atoms with Gasteiger partial charge in [0.15, 0.2) is 5.96 Å². The van der Waals surface area contributed by atoms with E-state index in [9.17, 15) is 13.6 Å². The minimum Gasteiger partial charge on any atom is -0.466 e. The van der Waals surface area contributed by atoms with Gasteiger partial charge in [-0.25, -0.2) is 8.78 Å². The maximum absolute atomic E-state index is 14.0. The second kappa shape index (κ2) is 10.4. The number of carbonyl (C=O) groups excluding carboxylic acids is 1. The minimum absolute atomic E-state index is 0. The maximum atomic E-state index is 14.0. The van der Waals surface area contributed by atoms with E-state index < -0.39 is 11.6 Å². The van der Waals surface area contributed by atoms with Gasteiger partial charge < -0.3 is 15.0 Å². The summed E-state index contributed by atoms with van der Waals surface area (Å²) in [5, 5.41) is 3.36. The van der Waals surface area contributed by atoms with Crippen LogP contribution in [0.5, 0.6) is 0 Å². The van der Waals surface area contributed by atoms with Crippen LogP contribution in [0.3, 0.4) is 0 Å². The zero-order valence-corrected chi connectivity index (χ0v) is 18.6. The smallest absolute Gasteiger partial charge is 0.309 e. The lowest BCUT2D eigenvalue weighted by molar-refractivity contribution is -0.149. The van der Waals surface area contributed by atoms with Crippen molar-refractivity contribution in [3.05, 3.63) is 35.4 Å². The molecule has 1 saturated heterocycles. The molecule has 8 heteroatoms. The molecule has 0 aromatic heterocycles. The predicted octanol–water partition coefficient (Wildman–Crippen LogP) is 3.68. The molecule has 0 spiro atoms. The quantitative estimate of drug-likeness (QED) is 0.286. The number of likely N-dealkylation sites (tertiary alicyclic amines) is 1. The zero-order chi connectivity index (χ0) is 19.4. The number of carbonyl (C=O) groups is 1. The lowest BCUT2D eigenvalue weighted by atomic mass is 9.97. The van der Waals surface area contributed by atoms with Crippen molar-refractivity contribution < 1.29 is 18.3 Å². The van der Waals surface area contributed by atoms with E-state index in [1.807, 2.05) is 13.8 Å². The molecule has 2 aliphatic rings. The molecule has 1 aromatic carbocycles. The highest BCUT2D eigenvalue weighted by atomic mass is 127. The van der Waals surface area contributed by atoms with Crippen LogP contribution in [0.4, 0.5) is 8.78 Å². The average Bonchev–Trinajstić information content (AvgIpc) is 3.40. The Morgan fingerprint density at radius 2 is 1.89 bits per heavy atom. The standard InChI is InChI=1S/C20H27F2N3O2.HI/c1-3-23-20(25-10-8-13(9-11-25)19(26)27-4-2)24-17-12-14(17)18-15(21)6-5-7-16(18)22;/h5-7,13-14,17H,3-4,8-12H2,1-2H3,(H,23,24);1H. The van der Waals surface area contributed by atoms with Crippen LogP contribution in [0, 0.1) is 17.6 Å². The number of piperidine rings is 1. The van der Waals surface area contributed by atoms with Gasteiger partial charge in [-0.3, -0.25) is 9.79 Å². The SMILES string of the molecule is CCN=C(NC1CC1c1c(F)cccc1F)N1CCC(C(=O)OCC)CC1.I. The Morgan fingerprint density at radius 3 is 2.46 bits per heavy atom. The number of rotatable bonds is 5. The van der Waals surface area contributed by atoms with Gasteiger partial charge >= 0.3 is 5.97 Å². The molecule has 1 N–H and O–H groups in total. The molecule has 2 atom stereocenters. The molecule has 1 aliphatic carbocycles. The molecule has 1 aromatic rings. The van der Waals surface area contributed by atoms with E-state index in [2.05, 4.69) is 15.2 Å². The third kappa shape index (κ3) is 5.33. The van der Waals surface area contributed by atoms with Crippen molar-refractivity contribution >= 4 is 35.9 Å². The fourth-order valence-electron chi connectivity index (χ4n) is 3.68. The van der Waals surface area contributed by atoms with Crippen LogP contribution >= 0.6 is 24.0 Å². The molecule has 0 bridgehead atoms. The maximum Gasteiger partial charge on any atom is 0.309 e. The highest BCUT2D eigenvalue weighted by Gasteiger charge is 2.43. The zero-order valence-electron chi connectivity index (χ0n) is 16.3. The summed E-state index contributed by atoms with van der Waals surface area (Å²) in [5.41, 5.74) is 0.159. The van der Waals surface area contributed by atoms with Crippen molar-refractivity contribution in [2.45, 2.75) is 45.1 Å². The Morgan fingerprint density at radius 1 is 1.25 bits per heavy atom. The van der Waals surface area contributed by atoms with E-state index in [4.69, 9.17) is 4.74 Å². The fraction of sp³-hybridized carbons (Fsp3) is 0.600. The molecule has 2 fully saturated rings. The third-order valence-corrected chi connectivity index (χ3v) is 5.20. The van der Waals surface area contributed by atoms with E-state index in [1.165, 1.54) is 18.2 Å². The first-order chi connectivity index (χ1) is 13.0. The summed E-state index contributed by atoms with van der Waals surface area (Å²) >= 11 is 0. The topological polar surface area (TPSA) is 53.9 Å². The molecule has 156 valence electrons. The number of halogens is 3. The molecular formula is C20H28F2IN3O2. The Balaban J connectivity index is 0.00000280. The number of guanidine groups is 1. The van der Waals surface area contributed by atoms with Gasteiger partial charge in [0.1, 0.15) is 11.6 Å². The lowest BCUT2D eigenvalue weighted by Gasteiger charge is -2.33. The third-order valence-electron chi connectivity index (χ3n) is 5.20. The predicted molar refractivity (Wildman–Crippen MR) is 115 cm³/mol. The monoisotopic (exact) mass is 507 g/mol. The molecule has 2 unspecified atom stereocenters. The van der Waals surface area contributed by atoms with Crippen LogP contribution in [0.15, 0.2) is 23.2 Å². The van der Waals surface area contributed by atoms with Crippen molar-refractivity contribution in [1.82, 2.24) is 10.2 Å². The first kappa shape index (κ1) is 22.8. The highest BCUT2D eigenvalue weighted by Crippen LogP contribution is 2.43. The van der Waals surface area contributed by atoms with Gasteiger partial charge in [0.25, 0.3) is 0 Å². The van der Waals surface area contributed by atoms with Gasteiger partial charge in [0.2, 0.25) is 0 Å². The number of nitrogens with one attached hydrogen (secondary N) is 1. The number of ether oxygens (including phenoxy) is 1. The van der Waals surface area contributed by atoms with E-state index in [-0.39, 0.29) is 53.4 Å². The van der Waals surface area contributed by atoms with Crippen molar-refractivity contribution in [2.24, 2.45) is 10.9 Å². The van der Waals surface area contributed by atoms with Crippen molar-refractivity contribution in [3.8, 4) is 0 Å². The average molecular weight is 507 g/mol. The van der Waals surface area contributed by atoms with Gasteiger partial charge in [-0.1, -0.05) is 6.07 Å². The second-order valence-electron chi connectivity index (χ2n) is 7.04. The summed E-state index contributed by atoms with van der Waals surface area (Å²) < 4.78 is 33.1. The number of hydrogen-bond acceptors (Lipinski definition) is 3. The van der Waals surface area contributed by atoms with E-state index in [0.717, 1.165) is 18.8 Å². The molecule has 1 aliphatic heterocycles. The minimum atomic E-state index is -0.492. The molecule has 1 saturated carbocycles. The first-order valence-corrected chi connectivity index (χ1v) is 9.71. The van der Waals surface area contributed by atoms with E-state index >= 15 is 0 Å². The molecule has 3 rings (SSSR count).